The fraction of sp³-hybridized carbons (Fsp3) is 0.278. The number of aromatic nitrogens is 1. The van der Waals surface area contributed by atoms with Gasteiger partial charge < -0.3 is 4.57 Å². The highest BCUT2D eigenvalue weighted by molar-refractivity contribution is 5.90. The molecule has 22 heavy (non-hydrogen) atoms. The molecule has 1 amide bonds. The second-order valence-electron chi connectivity index (χ2n) is 5.18. The first-order valence-corrected chi connectivity index (χ1v) is 7.50. The molecular formula is C18H22N2O2. The number of likely N-dealkylation sites (N-methyl/N-ethyl adjacent to an activating group) is 1. The van der Waals surface area contributed by atoms with E-state index in [1.165, 1.54) is 29.9 Å². The summed E-state index contributed by atoms with van der Waals surface area (Å²) in [7, 11) is 1.31. The lowest BCUT2D eigenvalue weighted by Crippen LogP contribution is -2.19. The van der Waals surface area contributed by atoms with Gasteiger partial charge in [0.05, 0.1) is 5.69 Å². The fourth-order valence-electron chi connectivity index (χ4n) is 2.47. The number of hydrogen-bond acceptors (Lipinski definition) is 2. The number of hydrogen-bond donors (Lipinski definition) is 1. The predicted octanol–water partition coefficient (Wildman–Crippen LogP) is 3.46. The number of aryl methyl sites for hydroxylation is 2. The van der Waals surface area contributed by atoms with Crippen LogP contribution < -0.4 is 0 Å². The Morgan fingerprint density at radius 3 is 2.41 bits per heavy atom. The lowest BCUT2D eigenvalue weighted by atomic mass is 10.0. The summed E-state index contributed by atoms with van der Waals surface area (Å²) in [6.07, 6.45) is 8.99. The fourth-order valence-corrected chi connectivity index (χ4v) is 2.47. The predicted molar refractivity (Wildman–Crippen MR) is 88.1 cm³/mol. The first-order chi connectivity index (χ1) is 10.6. The van der Waals surface area contributed by atoms with Gasteiger partial charge in [-0.3, -0.25) is 10.0 Å². The van der Waals surface area contributed by atoms with Gasteiger partial charge in [-0.05, 0) is 41.7 Å². The van der Waals surface area contributed by atoms with Gasteiger partial charge in [0, 0.05) is 25.5 Å². The van der Waals surface area contributed by atoms with Crippen molar-refractivity contribution in [2.45, 2.75) is 26.7 Å². The maximum absolute atomic E-state index is 11.4. The van der Waals surface area contributed by atoms with Gasteiger partial charge in [0.2, 0.25) is 0 Å². The van der Waals surface area contributed by atoms with Crippen LogP contribution in [0.1, 0.15) is 30.5 Å². The van der Waals surface area contributed by atoms with Crippen molar-refractivity contribution in [3.8, 4) is 5.69 Å². The van der Waals surface area contributed by atoms with Gasteiger partial charge in [-0.25, -0.2) is 5.06 Å². The Morgan fingerprint density at radius 1 is 1.23 bits per heavy atom. The Morgan fingerprint density at radius 2 is 1.86 bits per heavy atom. The topological polar surface area (TPSA) is 45.5 Å². The highest BCUT2D eigenvalue weighted by atomic mass is 16.5. The molecule has 4 heteroatoms. The van der Waals surface area contributed by atoms with Gasteiger partial charge in [0.1, 0.15) is 0 Å². The van der Waals surface area contributed by atoms with E-state index in [9.17, 15) is 4.79 Å². The lowest BCUT2D eigenvalue weighted by Gasteiger charge is -2.14. The molecule has 0 saturated carbocycles. The number of nitrogens with zero attached hydrogens (tertiary/aromatic N) is 2. The second kappa shape index (κ2) is 7.09. The second-order valence-corrected chi connectivity index (χ2v) is 5.18. The van der Waals surface area contributed by atoms with Crippen molar-refractivity contribution in [3.05, 3.63) is 59.4 Å². The largest absolute Gasteiger partial charge is 0.323 e. The first-order valence-electron chi connectivity index (χ1n) is 7.50. The molecule has 0 fully saturated rings. The van der Waals surface area contributed by atoms with Gasteiger partial charge in [0.25, 0.3) is 5.91 Å². The molecule has 0 aliphatic heterocycles. The molecule has 2 rings (SSSR count). The Labute approximate surface area is 131 Å². The molecule has 1 aromatic heterocycles. The summed E-state index contributed by atoms with van der Waals surface area (Å²) in [4.78, 5) is 11.4. The molecule has 0 saturated heterocycles. The molecule has 0 bridgehead atoms. The average molecular weight is 298 g/mol. The first kappa shape index (κ1) is 16.0. The van der Waals surface area contributed by atoms with Crippen LogP contribution in [0, 0.1) is 0 Å². The van der Waals surface area contributed by atoms with E-state index in [2.05, 4.69) is 36.6 Å². The van der Waals surface area contributed by atoms with Crippen molar-refractivity contribution in [2.75, 3.05) is 7.05 Å². The summed E-state index contributed by atoms with van der Waals surface area (Å²) in [6.45, 7) is 4.30. The van der Waals surface area contributed by atoms with Crippen LogP contribution in [0.2, 0.25) is 0 Å². The Kier molecular flexibility index (Phi) is 5.17. The van der Waals surface area contributed by atoms with Crippen LogP contribution in [0.5, 0.6) is 0 Å². The van der Waals surface area contributed by atoms with Gasteiger partial charge in [-0.2, -0.15) is 0 Å². The van der Waals surface area contributed by atoms with E-state index in [1.54, 1.807) is 6.08 Å². The number of hydroxylamine groups is 2. The van der Waals surface area contributed by atoms with Crippen molar-refractivity contribution < 1.29 is 10.0 Å². The van der Waals surface area contributed by atoms with E-state index < -0.39 is 5.91 Å². The molecule has 0 atom stereocenters. The standard InChI is InChI=1S/C18H22N2O2/c1-4-15-7-6-8-16(5-2)18(15)20-12-11-14(13-20)9-10-17(21)19(3)22/h6-13,22H,4-5H2,1-3H3. The average Bonchev–Trinajstić information content (AvgIpc) is 2.99. The maximum Gasteiger partial charge on any atom is 0.269 e. The smallest absolute Gasteiger partial charge is 0.269 e. The van der Waals surface area contributed by atoms with Gasteiger partial charge in [0.15, 0.2) is 0 Å². The quantitative estimate of drug-likeness (QED) is 0.522. The molecule has 4 nitrogen and oxygen atoms in total. The Bertz CT molecular complexity index is 662. The summed E-state index contributed by atoms with van der Waals surface area (Å²) >= 11 is 0. The molecule has 1 N–H and O–H groups in total. The van der Waals surface area contributed by atoms with Crippen LogP contribution in [-0.2, 0) is 17.6 Å². The van der Waals surface area contributed by atoms with Crippen LogP contribution in [-0.4, -0.2) is 27.8 Å². The van der Waals surface area contributed by atoms with Crippen LogP contribution in [0.15, 0.2) is 42.7 Å². The van der Waals surface area contributed by atoms with Crippen molar-refractivity contribution in [2.24, 2.45) is 0 Å². The zero-order valence-corrected chi connectivity index (χ0v) is 13.3. The lowest BCUT2D eigenvalue weighted by molar-refractivity contribution is -0.153. The Balaban J connectivity index is 2.34. The van der Waals surface area contributed by atoms with Crippen molar-refractivity contribution in [1.82, 2.24) is 9.63 Å². The summed E-state index contributed by atoms with van der Waals surface area (Å²) in [5.74, 6) is -0.448. The monoisotopic (exact) mass is 298 g/mol. The number of rotatable bonds is 5. The third-order valence-corrected chi connectivity index (χ3v) is 3.68. The summed E-state index contributed by atoms with van der Waals surface area (Å²) in [5.41, 5.74) is 4.74. The normalized spacial score (nSPS) is 11.1. The molecule has 0 aliphatic carbocycles. The van der Waals surface area contributed by atoms with Crippen molar-refractivity contribution in [3.63, 3.8) is 0 Å². The molecule has 116 valence electrons. The zero-order valence-electron chi connectivity index (χ0n) is 13.3. The third kappa shape index (κ3) is 3.46. The molecular weight excluding hydrogens is 276 g/mol. The molecule has 1 heterocycles. The molecule has 1 aromatic carbocycles. The molecule has 2 aromatic rings. The van der Waals surface area contributed by atoms with E-state index in [4.69, 9.17) is 5.21 Å². The van der Waals surface area contributed by atoms with Gasteiger partial charge >= 0.3 is 0 Å². The van der Waals surface area contributed by atoms with Gasteiger partial charge in [-0.1, -0.05) is 32.0 Å². The molecule has 0 radical (unpaired) electrons. The van der Waals surface area contributed by atoms with E-state index in [-0.39, 0.29) is 0 Å². The number of para-hydroxylation sites is 1. The van der Waals surface area contributed by atoms with E-state index in [0.717, 1.165) is 18.4 Å². The summed E-state index contributed by atoms with van der Waals surface area (Å²) in [6, 6.07) is 8.34. The molecule has 0 spiro atoms. The number of amides is 1. The van der Waals surface area contributed by atoms with Crippen LogP contribution >= 0.6 is 0 Å². The van der Waals surface area contributed by atoms with E-state index in [0.29, 0.717) is 5.06 Å². The third-order valence-electron chi connectivity index (χ3n) is 3.68. The minimum absolute atomic E-state index is 0.448. The van der Waals surface area contributed by atoms with E-state index in [1.807, 2.05) is 18.5 Å². The Hall–Kier alpha value is -2.33. The molecule has 0 aliphatic rings. The highest BCUT2D eigenvalue weighted by Gasteiger charge is 2.08. The SMILES string of the molecule is CCc1cccc(CC)c1-n1ccc(C=CC(=O)N(C)O)c1. The van der Waals surface area contributed by atoms with Crippen LogP contribution in [0.25, 0.3) is 11.8 Å². The minimum Gasteiger partial charge on any atom is -0.323 e. The molecule has 0 unspecified atom stereocenters. The minimum atomic E-state index is -0.448. The van der Waals surface area contributed by atoms with Gasteiger partial charge in [-0.15, -0.1) is 0 Å². The zero-order chi connectivity index (χ0) is 16.1. The van der Waals surface area contributed by atoms with Crippen LogP contribution in [0.3, 0.4) is 0 Å². The van der Waals surface area contributed by atoms with E-state index >= 15 is 0 Å². The number of carbonyl (C=O) groups excluding carboxylic acids is 1. The van der Waals surface area contributed by atoms with Crippen molar-refractivity contribution in [1.29, 1.82) is 0 Å². The number of benzene rings is 1. The summed E-state index contributed by atoms with van der Waals surface area (Å²) < 4.78 is 2.10. The number of carbonyl (C=O) groups is 1. The maximum atomic E-state index is 11.4. The highest BCUT2D eigenvalue weighted by Crippen LogP contribution is 2.22. The summed E-state index contributed by atoms with van der Waals surface area (Å²) in [5, 5.41) is 9.61. The van der Waals surface area contributed by atoms with Crippen LogP contribution in [0.4, 0.5) is 0 Å². The van der Waals surface area contributed by atoms with Crippen molar-refractivity contribution >= 4 is 12.0 Å².